The topological polar surface area (TPSA) is 66.6 Å². The number of aromatic hydroxyl groups is 1. The molecule has 5 heteroatoms. The van der Waals surface area contributed by atoms with Crippen LogP contribution in [0.5, 0.6) is 5.75 Å². The van der Waals surface area contributed by atoms with Crippen LogP contribution in [0.2, 0.25) is 0 Å². The second-order valence-electron chi connectivity index (χ2n) is 4.66. The summed E-state index contributed by atoms with van der Waals surface area (Å²) in [6.45, 7) is 1.04. The second kappa shape index (κ2) is 6.85. The monoisotopic (exact) mass is 288 g/mol. The van der Waals surface area contributed by atoms with Gasteiger partial charge in [-0.15, -0.1) is 0 Å². The van der Waals surface area contributed by atoms with Crippen LogP contribution in [0.4, 0.5) is 4.39 Å². The number of amides is 1. The summed E-state index contributed by atoms with van der Waals surface area (Å²) >= 11 is 0. The van der Waals surface area contributed by atoms with Crippen molar-refractivity contribution in [2.24, 2.45) is 5.73 Å². The van der Waals surface area contributed by atoms with E-state index in [2.05, 4.69) is 0 Å². The molecule has 4 nitrogen and oxygen atoms in total. The molecule has 3 N–H and O–H groups in total. The number of carbonyl (C=O) groups excluding carboxylic acids is 1. The van der Waals surface area contributed by atoms with E-state index in [1.807, 2.05) is 30.3 Å². The summed E-state index contributed by atoms with van der Waals surface area (Å²) in [4.78, 5) is 14.0. The molecular formula is C16H17FN2O2. The maximum absolute atomic E-state index is 13.0. The highest BCUT2D eigenvalue weighted by Crippen LogP contribution is 2.20. The average molecular weight is 288 g/mol. The van der Waals surface area contributed by atoms with Crippen molar-refractivity contribution < 1.29 is 14.3 Å². The standard InChI is InChI=1S/C16H17FN2O2/c17-13-6-7-14(15(20)10-13)16(21)19(9-8-18)11-12-4-2-1-3-5-12/h1-7,10,20H,8-9,11,18H2. The van der Waals surface area contributed by atoms with Gasteiger partial charge in [0.25, 0.3) is 5.91 Å². The third kappa shape index (κ3) is 3.79. The summed E-state index contributed by atoms with van der Waals surface area (Å²) < 4.78 is 13.0. The molecule has 0 unspecified atom stereocenters. The molecule has 0 heterocycles. The molecule has 21 heavy (non-hydrogen) atoms. The SMILES string of the molecule is NCCN(Cc1ccccc1)C(=O)c1ccc(F)cc1O. The average Bonchev–Trinajstić information content (AvgIpc) is 2.47. The smallest absolute Gasteiger partial charge is 0.257 e. The Morgan fingerprint density at radius 1 is 1.19 bits per heavy atom. The first-order chi connectivity index (χ1) is 10.1. The van der Waals surface area contributed by atoms with Crippen LogP contribution >= 0.6 is 0 Å². The van der Waals surface area contributed by atoms with Crippen molar-refractivity contribution in [1.29, 1.82) is 0 Å². The first-order valence-corrected chi connectivity index (χ1v) is 6.63. The fraction of sp³-hybridized carbons (Fsp3) is 0.188. The first kappa shape index (κ1) is 15.0. The van der Waals surface area contributed by atoms with Gasteiger partial charge in [0.2, 0.25) is 0 Å². The molecule has 0 saturated carbocycles. The van der Waals surface area contributed by atoms with Crippen LogP contribution in [0.15, 0.2) is 48.5 Å². The molecule has 1 amide bonds. The molecule has 0 aliphatic heterocycles. The van der Waals surface area contributed by atoms with Gasteiger partial charge in [0.15, 0.2) is 0 Å². The van der Waals surface area contributed by atoms with Crippen LogP contribution in [-0.2, 0) is 6.54 Å². The molecule has 2 aromatic carbocycles. The van der Waals surface area contributed by atoms with Crippen molar-refractivity contribution in [3.05, 3.63) is 65.5 Å². The molecule has 0 atom stereocenters. The van der Waals surface area contributed by atoms with Crippen molar-refractivity contribution in [1.82, 2.24) is 4.90 Å². The highest BCUT2D eigenvalue weighted by molar-refractivity contribution is 5.96. The Morgan fingerprint density at radius 2 is 1.90 bits per heavy atom. The zero-order chi connectivity index (χ0) is 15.2. The fourth-order valence-electron chi connectivity index (χ4n) is 2.07. The Balaban J connectivity index is 2.23. The van der Waals surface area contributed by atoms with E-state index in [1.54, 1.807) is 0 Å². The Bertz CT molecular complexity index is 617. The molecule has 0 aromatic heterocycles. The van der Waals surface area contributed by atoms with Crippen LogP contribution in [0.1, 0.15) is 15.9 Å². The number of rotatable bonds is 5. The van der Waals surface area contributed by atoms with E-state index in [-0.39, 0.29) is 17.2 Å². The van der Waals surface area contributed by atoms with Gasteiger partial charge in [-0.1, -0.05) is 30.3 Å². The van der Waals surface area contributed by atoms with Gasteiger partial charge >= 0.3 is 0 Å². The third-order valence-electron chi connectivity index (χ3n) is 3.09. The Kier molecular flexibility index (Phi) is 4.90. The molecule has 0 aliphatic carbocycles. The second-order valence-corrected chi connectivity index (χ2v) is 4.66. The number of halogens is 1. The van der Waals surface area contributed by atoms with Crippen LogP contribution < -0.4 is 5.73 Å². The minimum Gasteiger partial charge on any atom is -0.507 e. The van der Waals surface area contributed by atoms with E-state index >= 15 is 0 Å². The molecule has 0 radical (unpaired) electrons. The minimum absolute atomic E-state index is 0.0702. The number of benzene rings is 2. The molecule has 110 valence electrons. The van der Waals surface area contributed by atoms with E-state index in [9.17, 15) is 14.3 Å². The molecule has 0 fully saturated rings. The summed E-state index contributed by atoms with van der Waals surface area (Å²) in [6.07, 6.45) is 0. The lowest BCUT2D eigenvalue weighted by Gasteiger charge is -2.22. The number of hydrogen-bond acceptors (Lipinski definition) is 3. The van der Waals surface area contributed by atoms with Crippen LogP contribution in [0.3, 0.4) is 0 Å². The van der Waals surface area contributed by atoms with E-state index in [0.29, 0.717) is 19.6 Å². The lowest BCUT2D eigenvalue weighted by molar-refractivity contribution is 0.0745. The summed E-state index contributed by atoms with van der Waals surface area (Å²) in [7, 11) is 0. The number of carbonyl (C=O) groups is 1. The lowest BCUT2D eigenvalue weighted by atomic mass is 10.1. The van der Waals surface area contributed by atoms with Crippen molar-refractivity contribution >= 4 is 5.91 Å². The molecule has 0 aliphatic rings. The van der Waals surface area contributed by atoms with Crippen molar-refractivity contribution in [3.8, 4) is 5.75 Å². The summed E-state index contributed by atoms with van der Waals surface area (Å²) in [5.41, 5.74) is 6.57. The van der Waals surface area contributed by atoms with E-state index in [0.717, 1.165) is 17.7 Å². The number of nitrogens with zero attached hydrogens (tertiary/aromatic N) is 1. The van der Waals surface area contributed by atoms with Crippen LogP contribution in [-0.4, -0.2) is 29.0 Å². The molecule has 0 saturated heterocycles. The van der Waals surface area contributed by atoms with Gasteiger partial charge in [-0.3, -0.25) is 4.79 Å². The largest absolute Gasteiger partial charge is 0.507 e. The number of hydrogen-bond donors (Lipinski definition) is 2. The molecule has 0 spiro atoms. The van der Waals surface area contributed by atoms with Gasteiger partial charge in [-0.2, -0.15) is 0 Å². The zero-order valence-corrected chi connectivity index (χ0v) is 11.5. The summed E-state index contributed by atoms with van der Waals surface area (Å²) in [5.74, 6) is -1.32. The lowest BCUT2D eigenvalue weighted by Crippen LogP contribution is -2.35. The quantitative estimate of drug-likeness (QED) is 0.885. The number of nitrogens with two attached hydrogens (primary N) is 1. The summed E-state index contributed by atoms with van der Waals surface area (Å²) in [6, 6.07) is 12.8. The van der Waals surface area contributed by atoms with Crippen LogP contribution in [0.25, 0.3) is 0 Å². The highest BCUT2D eigenvalue weighted by atomic mass is 19.1. The zero-order valence-electron chi connectivity index (χ0n) is 11.5. The Hall–Kier alpha value is -2.40. The maximum Gasteiger partial charge on any atom is 0.257 e. The van der Waals surface area contributed by atoms with Crippen LogP contribution in [0, 0.1) is 5.82 Å². The van der Waals surface area contributed by atoms with Crippen molar-refractivity contribution in [2.45, 2.75) is 6.54 Å². The molecule has 2 rings (SSSR count). The van der Waals surface area contributed by atoms with E-state index < -0.39 is 5.82 Å². The first-order valence-electron chi connectivity index (χ1n) is 6.63. The highest BCUT2D eigenvalue weighted by Gasteiger charge is 2.19. The molecular weight excluding hydrogens is 271 g/mol. The predicted octanol–water partition coefficient (Wildman–Crippen LogP) is 2.13. The van der Waals surface area contributed by atoms with E-state index in [4.69, 9.17) is 5.73 Å². The van der Waals surface area contributed by atoms with Crippen molar-refractivity contribution in [2.75, 3.05) is 13.1 Å². The Morgan fingerprint density at radius 3 is 2.52 bits per heavy atom. The molecule has 2 aromatic rings. The van der Waals surface area contributed by atoms with Gasteiger partial charge in [0, 0.05) is 25.7 Å². The van der Waals surface area contributed by atoms with Gasteiger partial charge in [-0.25, -0.2) is 4.39 Å². The Labute approximate surface area is 122 Å². The number of phenols is 1. The third-order valence-corrected chi connectivity index (χ3v) is 3.09. The minimum atomic E-state index is -0.586. The fourth-order valence-corrected chi connectivity index (χ4v) is 2.07. The predicted molar refractivity (Wildman–Crippen MR) is 78.3 cm³/mol. The summed E-state index contributed by atoms with van der Waals surface area (Å²) in [5, 5.41) is 9.73. The maximum atomic E-state index is 13.0. The number of phenolic OH excluding ortho intramolecular Hbond substituents is 1. The van der Waals surface area contributed by atoms with Gasteiger partial charge in [-0.05, 0) is 17.7 Å². The molecule has 0 bridgehead atoms. The van der Waals surface area contributed by atoms with Gasteiger partial charge in [0.05, 0.1) is 5.56 Å². The normalized spacial score (nSPS) is 10.4. The van der Waals surface area contributed by atoms with E-state index in [1.165, 1.54) is 11.0 Å². The van der Waals surface area contributed by atoms with Crippen molar-refractivity contribution in [3.63, 3.8) is 0 Å². The van der Waals surface area contributed by atoms with Gasteiger partial charge in [0.1, 0.15) is 11.6 Å². The van der Waals surface area contributed by atoms with Gasteiger partial charge < -0.3 is 15.7 Å².